The van der Waals surface area contributed by atoms with Crippen LogP contribution in [-0.4, -0.2) is 0 Å². The Morgan fingerprint density at radius 2 is 0.615 bits per heavy atom. The van der Waals surface area contributed by atoms with E-state index in [1.165, 1.54) is 0 Å². The Labute approximate surface area is 122 Å². The van der Waals surface area contributed by atoms with Crippen LogP contribution in [0.2, 0.25) is 0 Å². The second-order valence-electron chi connectivity index (χ2n) is 1.37. The molecule has 0 aliphatic rings. The van der Waals surface area contributed by atoms with Crippen LogP contribution < -0.4 is 0 Å². The van der Waals surface area contributed by atoms with Crippen molar-refractivity contribution in [3.8, 4) is 0 Å². The van der Waals surface area contributed by atoms with Gasteiger partial charge in [0.1, 0.15) is 0 Å². The van der Waals surface area contributed by atoms with Crippen molar-refractivity contribution in [2.75, 3.05) is 0 Å². The highest BCUT2D eigenvalue weighted by Crippen LogP contribution is 3.12. The van der Waals surface area contributed by atoms with Crippen molar-refractivity contribution in [3.63, 3.8) is 0 Å². The van der Waals surface area contributed by atoms with Crippen LogP contribution >= 0.6 is 124 Å². The summed E-state index contributed by atoms with van der Waals surface area (Å²) in [6.45, 7) is -8.15. The first kappa shape index (κ1) is 17.0. The summed E-state index contributed by atoms with van der Waals surface area (Å²) in [4.78, 5) is 0. The summed E-state index contributed by atoms with van der Waals surface area (Å²) in [5, 5.41) is 0. The van der Waals surface area contributed by atoms with E-state index < -0.39 is 28.1 Å². The number of rotatable bonds is 3. The first-order chi connectivity index (χ1) is 5.37. The van der Waals surface area contributed by atoms with Gasteiger partial charge in [-0.1, -0.05) is 0 Å². The van der Waals surface area contributed by atoms with E-state index in [-0.39, 0.29) is 0 Å². The van der Waals surface area contributed by atoms with Gasteiger partial charge in [0.2, 0.25) is 0 Å². The molecule has 0 aliphatic heterocycles. The van der Waals surface area contributed by atoms with E-state index in [0.29, 0.717) is 0 Å². The molecule has 0 bridgehead atoms. The summed E-state index contributed by atoms with van der Waals surface area (Å²) in [6, 6.07) is 0. The van der Waals surface area contributed by atoms with E-state index >= 15 is 0 Å². The molecule has 0 unspecified atom stereocenters. The third-order valence-electron chi connectivity index (χ3n) is 0.507. The fourth-order valence-corrected chi connectivity index (χ4v) is 69.9. The summed E-state index contributed by atoms with van der Waals surface area (Å²) in [7, 11) is 49.0. The van der Waals surface area contributed by atoms with Gasteiger partial charge in [0, 0.05) is 20.1 Å². The van der Waals surface area contributed by atoms with Gasteiger partial charge in [0.05, 0.1) is 0 Å². The molecule has 0 saturated carbocycles. The van der Waals surface area contributed by atoms with Crippen molar-refractivity contribution in [2.45, 2.75) is 0 Å². The normalized spacial score (nSPS) is 19.6. The lowest BCUT2D eigenvalue weighted by Crippen LogP contribution is -1.79. The number of halogens is 9. The Morgan fingerprint density at radius 1 is 0.462 bits per heavy atom. The maximum absolute atomic E-state index is 5.65. The van der Waals surface area contributed by atoms with Crippen LogP contribution in [-0.2, 0) is 0 Å². The predicted octanol–water partition coefficient (Wildman–Crippen LogP) is 8.53. The largest absolute Gasteiger partial charge is 0.0466 e. The van der Waals surface area contributed by atoms with Crippen LogP contribution in [0.1, 0.15) is 0 Å². The third kappa shape index (κ3) is 6.49. The molecular formula is HCl9S4. The zero-order valence-corrected chi connectivity index (χ0v) is 15.2. The smallest absolute Gasteiger partial charge is 0.0430 e. The molecule has 0 aromatic rings. The molecule has 0 aromatic carbocycles. The zero-order chi connectivity index (χ0) is 11.1. The average Bonchev–Trinajstić information content (AvgIpc) is 1.44. The van der Waals surface area contributed by atoms with E-state index in [1.54, 1.807) is 0 Å². The number of hydrogen-bond acceptors (Lipinski definition) is 0. The Balaban J connectivity index is 5.02. The average molecular weight is 448 g/mol. The highest BCUT2D eigenvalue weighted by molar-refractivity contribution is 9.75. The molecule has 0 amide bonds. The Morgan fingerprint density at radius 3 is 0.615 bits per heavy atom. The standard InChI is InChI=1S/Cl9HS4/c1-11(2,3)10(12(4,5)6)13(7,8)9/h10H. The highest BCUT2D eigenvalue weighted by atomic mass is 36.3. The first-order valence-electron chi connectivity index (χ1n) is 1.94. The molecule has 0 rings (SSSR count). The second kappa shape index (κ2) is 5.77. The molecule has 0 N–H and O–H groups in total. The minimum absolute atomic E-state index is 1.84. The summed E-state index contributed by atoms with van der Waals surface area (Å²) >= 11 is 0. The molecule has 0 radical (unpaired) electrons. The molecule has 13 heteroatoms. The molecule has 0 spiro atoms. The highest BCUT2D eigenvalue weighted by Gasteiger charge is 2.46. The molecule has 0 heterocycles. The number of thiol groups is 1. The lowest BCUT2D eigenvalue weighted by molar-refractivity contribution is 4.47. The van der Waals surface area contributed by atoms with Crippen molar-refractivity contribution in [2.24, 2.45) is 0 Å². The molecular weight excluding hydrogens is 447 g/mol. The monoisotopic (exact) mass is 444 g/mol. The van der Waals surface area contributed by atoms with Gasteiger partial charge in [-0.2, -0.15) is 0 Å². The van der Waals surface area contributed by atoms with E-state index in [4.69, 9.17) is 96.1 Å². The molecule has 13 heavy (non-hydrogen) atoms. The van der Waals surface area contributed by atoms with Crippen LogP contribution in [0.3, 0.4) is 0 Å². The van der Waals surface area contributed by atoms with Crippen molar-refractivity contribution in [1.82, 2.24) is 0 Å². The van der Waals surface area contributed by atoms with Crippen molar-refractivity contribution < 1.29 is 0 Å². The van der Waals surface area contributed by atoms with Gasteiger partial charge in [-0.3, -0.25) is 0 Å². The van der Waals surface area contributed by atoms with Gasteiger partial charge < -0.3 is 0 Å². The lowest BCUT2D eigenvalue weighted by atomic mass is 30.0. The lowest BCUT2D eigenvalue weighted by Gasteiger charge is -2.44. The van der Waals surface area contributed by atoms with Gasteiger partial charge in [-0.15, -0.1) is 0 Å². The van der Waals surface area contributed by atoms with Gasteiger partial charge in [-0.25, -0.2) is 0 Å². The molecule has 0 fully saturated rings. The first-order valence-corrected chi connectivity index (χ1v) is 17.4. The Kier molecular flexibility index (Phi) is 7.55. The molecule has 0 aliphatic carbocycles. The van der Waals surface area contributed by atoms with Crippen molar-refractivity contribution in [3.05, 3.63) is 0 Å². The van der Waals surface area contributed by atoms with Gasteiger partial charge in [-0.05, 0) is 104 Å². The fourth-order valence-electron chi connectivity index (χ4n) is 0.287. The van der Waals surface area contributed by atoms with Crippen LogP contribution in [0.5, 0.6) is 0 Å². The Hall–Kier alpha value is 4.01. The summed E-state index contributed by atoms with van der Waals surface area (Å²) in [6.07, 6.45) is 0. The second-order valence-corrected chi connectivity index (χ2v) is 37.0. The minimum Gasteiger partial charge on any atom is -0.0430 e. The van der Waals surface area contributed by atoms with E-state index in [1.807, 2.05) is 0 Å². The summed E-state index contributed by atoms with van der Waals surface area (Å²) in [5.74, 6) is 0. The molecule has 0 aromatic heterocycles. The Bertz CT molecular complexity index is 134. The SMILES string of the molecule is ClS(Cl)(Cl)[SH](S(Cl)(Cl)Cl)S(Cl)(Cl)Cl. The predicted molar refractivity (Wildman–Crippen MR) is 84.4 cm³/mol. The van der Waals surface area contributed by atoms with E-state index in [2.05, 4.69) is 0 Å². The summed E-state index contributed by atoms with van der Waals surface area (Å²) in [5.41, 5.74) is 0. The molecule has 88 valence electrons. The quantitative estimate of drug-likeness (QED) is 0.325. The molecule has 0 nitrogen and oxygen atoms in total. The maximum Gasteiger partial charge on any atom is 0.0466 e. The third-order valence-corrected chi connectivity index (χ3v) is 41.1. The van der Waals surface area contributed by atoms with Crippen LogP contribution in [0.25, 0.3) is 0 Å². The maximum atomic E-state index is 5.65. The van der Waals surface area contributed by atoms with Crippen LogP contribution in [0, 0.1) is 0 Å². The molecule has 0 atom stereocenters. The minimum atomic E-state index is -2.72. The number of hydrogen-bond donors (Lipinski definition) is 1. The van der Waals surface area contributed by atoms with Crippen LogP contribution in [0.15, 0.2) is 0 Å². The molecule has 0 saturated heterocycles. The topological polar surface area (TPSA) is 0 Å². The van der Waals surface area contributed by atoms with E-state index in [0.717, 1.165) is 0 Å². The van der Waals surface area contributed by atoms with Crippen molar-refractivity contribution >= 4 is 124 Å². The summed E-state index contributed by atoms with van der Waals surface area (Å²) < 4.78 is 0. The zero-order valence-electron chi connectivity index (χ0n) is 5.07. The van der Waals surface area contributed by atoms with Crippen LogP contribution in [0.4, 0.5) is 0 Å². The van der Waals surface area contributed by atoms with Gasteiger partial charge in [0.15, 0.2) is 0 Å². The van der Waals surface area contributed by atoms with Gasteiger partial charge >= 0.3 is 0 Å². The fraction of sp³-hybridized carbons (Fsp3) is 0. The van der Waals surface area contributed by atoms with E-state index in [9.17, 15) is 0 Å². The van der Waals surface area contributed by atoms with Crippen molar-refractivity contribution in [1.29, 1.82) is 0 Å². The van der Waals surface area contributed by atoms with Gasteiger partial charge in [0.25, 0.3) is 0 Å².